The zero-order chi connectivity index (χ0) is 15.9. The van der Waals surface area contributed by atoms with Crippen molar-refractivity contribution in [1.82, 2.24) is 0 Å². The van der Waals surface area contributed by atoms with E-state index in [4.69, 9.17) is 16.3 Å². The van der Waals surface area contributed by atoms with Gasteiger partial charge in [0.15, 0.2) is 0 Å². The van der Waals surface area contributed by atoms with Crippen LogP contribution in [0.15, 0.2) is 48.5 Å². The van der Waals surface area contributed by atoms with Crippen molar-refractivity contribution in [2.45, 2.75) is 32.1 Å². The smallest absolute Gasteiger partial charge is 0.119 e. The second kappa shape index (κ2) is 7.87. The third-order valence-electron chi connectivity index (χ3n) is 3.61. The van der Waals surface area contributed by atoms with Gasteiger partial charge in [0.25, 0.3) is 0 Å². The van der Waals surface area contributed by atoms with E-state index in [1.807, 2.05) is 36.4 Å². The molecule has 0 aliphatic rings. The normalized spacial score (nSPS) is 12.0. The fourth-order valence-corrected chi connectivity index (χ4v) is 2.49. The molecular formula is C19H20ClNO. The van der Waals surface area contributed by atoms with Crippen LogP contribution in [-0.2, 0) is 0 Å². The Hall–Kier alpha value is -1.98. The average molecular weight is 314 g/mol. The molecule has 0 bridgehead atoms. The molecule has 0 N–H and O–H groups in total. The Kier molecular flexibility index (Phi) is 5.86. The molecule has 3 heteroatoms. The molecule has 0 heterocycles. The molecule has 22 heavy (non-hydrogen) atoms. The SMILES string of the molecule is CC(C)c1cccc(OCCC(C#N)c2cccc(Cl)c2)c1. The largest absolute Gasteiger partial charge is 0.494 e. The Morgan fingerprint density at radius 1 is 1.09 bits per heavy atom. The first kappa shape index (κ1) is 16.4. The predicted octanol–water partition coefficient (Wildman–Crippen LogP) is 5.54. The third-order valence-corrected chi connectivity index (χ3v) is 3.84. The van der Waals surface area contributed by atoms with Gasteiger partial charge < -0.3 is 4.74 Å². The lowest BCUT2D eigenvalue weighted by Gasteiger charge is -2.12. The summed E-state index contributed by atoms with van der Waals surface area (Å²) in [5.41, 5.74) is 2.19. The summed E-state index contributed by atoms with van der Waals surface area (Å²) in [6.45, 7) is 4.82. The summed E-state index contributed by atoms with van der Waals surface area (Å²) in [7, 11) is 0. The van der Waals surface area contributed by atoms with E-state index in [0.29, 0.717) is 24.0 Å². The zero-order valence-corrected chi connectivity index (χ0v) is 13.7. The van der Waals surface area contributed by atoms with Gasteiger partial charge in [-0.2, -0.15) is 5.26 Å². The van der Waals surface area contributed by atoms with Crippen molar-refractivity contribution in [3.8, 4) is 11.8 Å². The Morgan fingerprint density at radius 2 is 1.82 bits per heavy atom. The van der Waals surface area contributed by atoms with Crippen LogP contribution >= 0.6 is 11.6 Å². The van der Waals surface area contributed by atoms with Crippen LogP contribution < -0.4 is 4.74 Å². The highest BCUT2D eigenvalue weighted by molar-refractivity contribution is 6.30. The summed E-state index contributed by atoms with van der Waals surface area (Å²) in [4.78, 5) is 0. The first-order valence-corrected chi connectivity index (χ1v) is 7.86. The fourth-order valence-electron chi connectivity index (χ4n) is 2.29. The minimum Gasteiger partial charge on any atom is -0.494 e. The highest BCUT2D eigenvalue weighted by Crippen LogP contribution is 2.24. The van der Waals surface area contributed by atoms with E-state index in [0.717, 1.165) is 11.3 Å². The number of halogens is 1. The van der Waals surface area contributed by atoms with Crippen molar-refractivity contribution >= 4 is 11.6 Å². The molecule has 2 nitrogen and oxygen atoms in total. The summed E-state index contributed by atoms with van der Waals surface area (Å²) in [6, 6.07) is 17.9. The van der Waals surface area contributed by atoms with E-state index >= 15 is 0 Å². The van der Waals surface area contributed by atoms with Crippen LogP contribution in [0.5, 0.6) is 5.75 Å². The molecule has 1 atom stereocenters. The van der Waals surface area contributed by atoms with Gasteiger partial charge in [0.05, 0.1) is 18.6 Å². The van der Waals surface area contributed by atoms with E-state index in [1.54, 1.807) is 0 Å². The number of nitriles is 1. The maximum atomic E-state index is 9.34. The van der Waals surface area contributed by atoms with Gasteiger partial charge >= 0.3 is 0 Å². The quantitative estimate of drug-likeness (QED) is 0.701. The Balaban J connectivity index is 1.95. The molecule has 0 fully saturated rings. The molecule has 0 radical (unpaired) electrons. The van der Waals surface area contributed by atoms with Crippen molar-refractivity contribution in [1.29, 1.82) is 5.26 Å². The second-order valence-electron chi connectivity index (χ2n) is 5.60. The highest BCUT2D eigenvalue weighted by atomic mass is 35.5. The Labute approximate surface area is 137 Å². The Bertz CT molecular complexity index is 660. The number of hydrogen-bond acceptors (Lipinski definition) is 2. The van der Waals surface area contributed by atoms with Gasteiger partial charge in [-0.25, -0.2) is 0 Å². The van der Waals surface area contributed by atoms with Crippen LogP contribution in [0.25, 0.3) is 0 Å². The third kappa shape index (κ3) is 4.51. The topological polar surface area (TPSA) is 33.0 Å². The van der Waals surface area contributed by atoms with Crippen LogP contribution in [0, 0.1) is 11.3 Å². The standard InChI is InChI=1S/C19H20ClNO/c1-14(2)15-5-4-8-19(12-15)22-10-9-17(13-21)16-6-3-7-18(20)11-16/h3-8,11-12,14,17H,9-10H2,1-2H3. The molecule has 0 saturated heterocycles. The number of hydrogen-bond donors (Lipinski definition) is 0. The van der Waals surface area contributed by atoms with Crippen molar-refractivity contribution in [3.63, 3.8) is 0 Å². The van der Waals surface area contributed by atoms with E-state index in [9.17, 15) is 5.26 Å². The molecule has 114 valence electrons. The lowest BCUT2D eigenvalue weighted by molar-refractivity contribution is 0.305. The zero-order valence-electron chi connectivity index (χ0n) is 12.9. The van der Waals surface area contributed by atoms with Gasteiger partial charge in [-0.15, -0.1) is 0 Å². The second-order valence-corrected chi connectivity index (χ2v) is 6.04. The van der Waals surface area contributed by atoms with Gasteiger partial charge in [0, 0.05) is 11.4 Å². The molecule has 0 aliphatic heterocycles. The molecular weight excluding hydrogens is 294 g/mol. The maximum Gasteiger partial charge on any atom is 0.119 e. The number of benzene rings is 2. The molecule has 0 aliphatic carbocycles. The van der Waals surface area contributed by atoms with E-state index in [-0.39, 0.29) is 5.92 Å². The van der Waals surface area contributed by atoms with Gasteiger partial charge in [0.1, 0.15) is 5.75 Å². The molecule has 2 rings (SSSR count). The molecule has 0 spiro atoms. The van der Waals surface area contributed by atoms with E-state index in [2.05, 4.69) is 32.0 Å². The highest BCUT2D eigenvalue weighted by Gasteiger charge is 2.11. The van der Waals surface area contributed by atoms with Crippen molar-refractivity contribution in [2.75, 3.05) is 6.61 Å². The minimum atomic E-state index is -0.202. The molecule has 0 saturated carbocycles. The fraction of sp³-hybridized carbons (Fsp3) is 0.316. The number of rotatable bonds is 6. The monoisotopic (exact) mass is 313 g/mol. The summed E-state index contributed by atoms with van der Waals surface area (Å²) in [6.07, 6.45) is 0.642. The van der Waals surface area contributed by atoms with E-state index in [1.165, 1.54) is 5.56 Å². The van der Waals surface area contributed by atoms with Gasteiger partial charge in [-0.1, -0.05) is 49.7 Å². The summed E-state index contributed by atoms with van der Waals surface area (Å²) in [5, 5.41) is 9.99. The van der Waals surface area contributed by atoms with Crippen LogP contribution in [0.2, 0.25) is 5.02 Å². The average Bonchev–Trinajstić information content (AvgIpc) is 2.52. The minimum absolute atomic E-state index is 0.202. The predicted molar refractivity (Wildman–Crippen MR) is 90.4 cm³/mol. The molecule has 2 aromatic carbocycles. The van der Waals surface area contributed by atoms with Crippen LogP contribution in [0.4, 0.5) is 0 Å². The van der Waals surface area contributed by atoms with Gasteiger partial charge in [-0.3, -0.25) is 0 Å². The Morgan fingerprint density at radius 3 is 2.50 bits per heavy atom. The molecule has 0 amide bonds. The van der Waals surface area contributed by atoms with Gasteiger partial charge in [-0.05, 0) is 41.3 Å². The lowest BCUT2D eigenvalue weighted by atomic mass is 9.98. The first-order chi connectivity index (χ1) is 10.6. The van der Waals surface area contributed by atoms with Crippen LogP contribution in [-0.4, -0.2) is 6.61 Å². The number of ether oxygens (including phenoxy) is 1. The number of nitrogens with zero attached hydrogens (tertiary/aromatic N) is 1. The lowest BCUT2D eigenvalue weighted by Crippen LogP contribution is -2.05. The van der Waals surface area contributed by atoms with Crippen molar-refractivity contribution < 1.29 is 4.74 Å². The first-order valence-electron chi connectivity index (χ1n) is 7.48. The molecule has 0 aromatic heterocycles. The van der Waals surface area contributed by atoms with E-state index < -0.39 is 0 Å². The summed E-state index contributed by atoms with van der Waals surface area (Å²) >= 11 is 5.98. The van der Waals surface area contributed by atoms with Crippen LogP contribution in [0.3, 0.4) is 0 Å². The molecule has 1 unspecified atom stereocenters. The summed E-state index contributed by atoms with van der Waals surface area (Å²) in [5.74, 6) is 1.13. The van der Waals surface area contributed by atoms with Gasteiger partial charge in [0.2, 0.25) is 0 Å². The maximum absolute atomic E-state index is 9.34. The summed E-state index contributed by atoms with van der Waals surface area (Å²) < 4.78 is 5.80. The molecule has 2 aromatic rings. The van der Waals surface area contributed by atoms with Crippen molar-refractivity contribution in [3.05, 3.63) is 64.7 Å². The van der Waals surface area contributed by atoms with Crippen LogP contribution in [0.1, 0.15) is 43.2 Å². The van der Waals surface area contributed by atoms with Crippen molar-refractivity contribution in [2.24, 2.45) is 0 Å².